The molecule has 4 nitrogen and oxygen atoms in total. The Hall–Kier alpha value is -0.520. The zero-order valence-electron chi connectivity index (χ0n) is 12.7. The van der Waals surface area contributed by atoms with E-state index in [1.807, 2.05) is 17.0 Å². The number of hydrogen-bond donors (Lipinski definition) is 1. The smallest absolute Gasteiger partial charge is 0.252 e. The van der Waals surface area contributed by atoms with Crippen molar-refractivity contribution in [3.8, 4) is 0 Å². The minimum absolute atomic E-state index is 0. The Morgan fingerprint density at radius 2 is 1.96 bits per heavy atom. The Bertz CT molecular complexity index is 566. The molecule has 2 fully saturated rings. The van der Waals surface area contributed by atoms with Gasteiger partial charge in [-0.25, -0.2) is 0 Å². The maximum absolute atomic E-state index is 12.7. The molecular weight excluding hydrogens is 359 g/mol. The predicted octanol–water partition coefficient (Wildman–Crippen LogP) is 3.41. The van der Waals surface area contributed by atoms with Crippen molar-refractivity contribution in [3.05, 3.63) is 33.8 Å². The van der Waals surface area contributed by atoms with Gasteiger partial charge >= 0.3 is 0 Å². The molecular formula is C16H21Cl3N2O2. The van der Waals surface area contributed by atoms with Gasteiger partial charge in [0.05, 0.1) is 16.1 Å². The Labute approximate surface area is 152 Å². The van der Waals surface area contributed by atoms with Crippen molar-refractivity contribution < 1.29 is 9.53 Å². The number of amides is 1. The van der Waals surface area contributed by atoms with E-state index in [1.54, 1.807) is 6.07 Å². The average Bonchev–Trinajstić information content (AvgIpc) is 3.24. The van der Waals surface area contributed by atoms with E-state index in [2.05, 4.69) is 0 Å². The van der Waals surface area contributed by atoms with E-state index in [0.717, 1.165) is 31.2 Å². The Kier molecular flexibility index (Phi) is 6.57. The van der Waals surface area contributed by atoms with Gasteiger partial charge in [0.2, 0.25) is 0 Å². The first-order valence-corrected chi connectivity index (χ1v) is 8.44. The highest BCUT2D eigenvalue weighted by Crippen LogP contribution is 2.32. The third-order valence-corrected chi connectivity index (χ3v) is 4.99. The van der Waals surface area contributed by atoms with Gasteiger partial charge in [0.15, 0.2) is 0 Å². The molecule has 7 heteroatoms. The molecule has 0 unspecified atom stereocenters. The lowest BCUT2D eigenvalue weighted by Crippen LogP contribution is -2.40. The molecule has 1 amide bonds. The molecule has 1 aliphatic heterocycles. The molecule has 1 aromatic rings. The van der Waals surface area contributed by atoms with E-state index in [0.29, 0.717) is 29.2 Å². The van der Waals surface area contributed by atoms with Crippen LogP contribution >= 0.6 is 35.6 Å². The topological polar surface area (TPSA) is 55.6 Å². The van der Waals surface area contributed by atoms with E-state index < -0.39 is 0 Å². The molecule has 0 radical (unpaired) electrons. The lowest BCUT2D eigenvalue weighted by Gasteiger charge is -2.26. The van der Waals surface area contributed by atoms with E-state index >= 15 is 0 Å². The maximum Gasteiger partial charge on any atom is 0.252 e. The van der Waals surface area contributed by atoms with Crippen LogP contribution in [0, 0.1) is 0 Å². The Morgan fingerprint density at radius 1 is 1.22 bits per heavy atom. The quantitative estimate of drug-likeness (QED) is 0.853. The Morgan fingerprint density at radius 3 is 2.52 bits per heavy atom. The molecule has 0 aromatic heterocycles. The summed E-state index contributed by atoms with van der Waals surface area (Å²) in [6, 6.07) is 5.83. The van der Waals surface area contributed by atoms with E-state index in [4.69, 9.17) is 33.7 Å². The molecule has 2 N–H and O–H groups in total. The molecule has 128 valence electrons. The Balaban J connectivity index is 0.00000192. The first-order valence-electron chi connectivity index (χ1n) is 7.68. The van der Waals surface area contributed by atoms with Gasteiger partial charge in [-0.2, -0.15) is 0 Å². The number of rotatable bonds is 5. The number of nitrogens with zero attached hydrogens (tertiary/aromatic N) is 1. The fourth-order valence-electron chi connectivity index (χ4n) is 2.85. The van der Waals surface area contributed by atoms with Crippen LogP contribution in [-0.2, 0) is 16.1 Å². The van der Waals surface area contributed by atoms with Crippen LogP contribution in [0.15, 0.2) is 18.2 Å². The summed E-state index contributed by atoms with van der Waals surface area (Å²) < 4.78 is 5.75. The minimum Gasteiger partial charge on any atom is -0.364 e. The van der Waals surface area contributed by atoms with Gasteiger partial charge in [-0.15, -0.1) is 12.4 Å². The second-order valence-electron chi connectivity index (χ2n) is 6.01. The number of hydrogen-bond acceptors (Lipinski definition) is 3. The van der Waals surface area contributed by atoms with Crippen molar-refractivity contribution >= 4 is 41.5 Å². The fraction of sp³-hybridized carbons (Fsp3) is 0.562. The molecule has 1 saturated heterocycles. The SMILES string of the molecule is Cl.NC[C@H]1CC[C@@H](C(=O)N(Cc2ccc(Cl)c(Cl)c2)C2CC2)O1. The molecule has 1 aliphatic carbocycles. The van der Waals surface area contributed by atoms with Crippen molar-refractivity contribution in [3.63, 3.8) is 0 Å². The summed E-state index contributed by atoms with van der Waals surface area (Å²) in [5, 5.41) is 1.04. The van der Waals surface area contributed by atoms with Crippen LogP contribution in [0.5, 0.6) is 0 Å². The average molecular weight is 380 g/mol. The highest BCUT2D eigenvalue weighted by molar-refractivity contribution is 6.42. The van der Waals surface area contributed by atoms with Crippen molar-refractivity contribution in [1.29, 1.82) is 0 Å². The second-order valence-corrected chi connectivity index (χ2v) is 6.82. The monoisotopic (exact) mass is 378 g/mol. The van der Waals surface area contributed by atoms with E-state index in [9.17, 15) is 4.79 Å². The van der Waals surface area contributed by atoms with Crippen LogP contribution in [0.25, 0.3) is 0 Å². The number of ether oxygens (including phenoxy) is 1. The number of carbonyl (C=O) groups is 1. The van der Waals surface area contributed by atoms with Gasteiger partial charge in [0, 0.05) is 19.1 Å². The van der Waals surface area contributed by atoms with E-state index in [-0.39, 0.29) is 30.5 Å². The first-order chi connectivity index (χ1) is 10.6. The van der Waals surface area contributed by atoms with Crippen LogP contribution in [0.4, 0.5) is 0 Å². The standard InChI is InChI=1S/C16H20Cl2N2O2.ClH/c17-13-5-1-10(7-14(13)18)9-20(11-2-3-11)16(21)15-6-4-12(8-19)22-15;/h1,5,7,11-12,15H,2-4,6,8-9,19H2;1H/t12-,15+;/m1./s1. The first kappa shape index (κ1) is 18.8. The summed E-state index contributed by atoms with van der Waals surface area (Å²) >= 11 is 12.0. The number of carbonyl (C=O) groups excluding carboxylic acids is 1. The summed E-state index contributed by atoms with van der Waals surface area (Å²) in [6.07, 6.45) is 3.39. The van der Waals surface area contributed by atoms with Crippen LogP contribution < -0.4 is 5.73 Å². The van der Waals surface area contributed by atoms with Gasteiger partial charge in [0.25, 0.3) is 5.91 Å². The van der Waals surface area contributed by atoms with Crippen LogP contribution in [0.1, 0.15) is 31.2 Å². The third-order valence-electron chi connectivity index (χ3n) is 4.25. The number of nitrogens with two attached hydrogens (primary N) is 1. The highest BCUT2D eigenvalue weighted by atomic mass is 35.5. The molecule has 3 rings (SSSR count). The number of benzene rings is 1. The van der Waals surface area contributed by atoms with Crippen LogP contribution in [0.2, 0.25) is 10.0 Å². The fourth-order valence-corrected chi connectivity index (χ4v) is 3.17. The number of halogens is 3. The molecule has 0 spiro atoms. The lowest BCUT2D eigenvalue weighted by molar-refractivity contribution is -0.144. The molecule has 0 bridgehead atoms. The molecule has 1 aromatic carbocycles. The lowest BCUT2D eigenvalue weighted by atomic mass is 10.1. The van der Waals surface area contributed by atoms with Crippen molar-refractivity contribution in [1.82, 2.24) is 4.90 Å². The van der Waals surface area contributed by atoms with Gasteiger partial charge in [-0.05, 0) is 43.4 Å². The molecule has 1 saturated carbocycles. The zero-order chi connectivity index (χ0) is 15.7. The molecule has 1 heterocycles. The summed E-state index contributed by atoms with van der Waals surface area (Å²) in [5.41, 5.74) is 6.61. The summed E-state index contributed by atoms with van der Waals surface area (Å²) in [7, 11) is 0. The molecule has 2 aliphatic rings. The minimum atomic E-state index is -0.350. The predicted molar refractivity (Wildman–Crippen MR) is 94.2 cm³/mol. The van der Waals surface area contributed by atoms with Gasteiger partial charge in [-0.1, -0.05) is 29.3 Å². The van der Waals surface area contributed by atoms with Crippen molar-refractivity contribution in [2.75, 3.05) is 6.54 Å². The largest absolute Gasteiger partial charge is 0.364 e. The van der Waals surface area contributed by atoms with Crippen molar-refractivity contribution in [2.45, 2.75) is 50.5 Å². The van der Waals surface area contributed by atoms with Crippen molar-refractivity contribution in [2.24, 2.45) is 5.73 Å². The summed E-state index contributed by atoms with van der Waals surface area (Å²) in [4.78, 5) is 14.7. The highest BCUT2D eigenvalue weighted by Gasteiger charge is 2.39. The van der Waals surface area contributed by atoms with Gasteiger partial charge in [0.1, 0.15) is 6.10 Å². The molecule has 23 heavy (non-hydrogen) atoms. The van der Waals surface area contributed by atoms with Crippen LogP contribution in [-0.4, -0.2) is 35.6 Å². The summed E-state index contributed by atoms with van der Waals surface area (Å²) in [6.45, 7) is 1.02. The van der Waals surface area contributed by atoms with Gasteiger partial charge < -0.3 is 15.4 Å². The maximum atomic E-state index is 12.7. The summed E-state index contributed by atoms with van der Waals surface area (Å²) in [5.74, 6) is 0.0736. The third kappa shape index (κ3) is 4.52. The van der Waals surface area contributed by atoms with Crippen LogP contribution in [0.3, 0.4) is 0 Å². The normalized spacial score (nSPS) is 23.4. The zero-order valence-corrected chi connectivity index (χ0v) is 15.0. The van der Waals surface area contributed by atoms with Gasteiger partial charge in [-0.3, -0.25) is 4.79 Å². The van der Waals surface area contributed by atoms with E-state index in [1.165, 1.54) is 0 Å². The molecule has 2 atom stereocenters. The second kappa shape index (κ2) is 8.04.